The largest absolute Gasteiger partial charge is 0.508 e. The first kappa shape index (κ1) is 19.1. The molecule has 0 unspecified atom stereocenters. The molecule has 1 nitrogen and oxygen atoms in total. The highest BCUT2D eigenvalue weighted by molar-refractivity contribution is 5.37. The highest BCUT2D eigenvalue weighted by Gasteiger charge is 2.05. The number of hydrogen-bond acceptors (Lipinski definition) is 1. The van der Waals surface area contributed by atoms with Crippen LogP contribution < -0.4 is 0 Å². The van der Waals surface area contributed by atoms with E-state index >= 15 is 0 Å². The van der Waals surface area contributed by atoms with Crippen molar-refractivity contribution in [3.8, 4) is 5.75 Å². The van der Waals surface area contributed by atoms with E-state index in [-0.39, 0.29) is 0 Å². The minimum Gasteiger partial charge on any atom is -0.508 e. The van der Waals surface area contributed by atoms with Gasteiger partial charge in [0.1, 0.15) is 5.75 Å². The number of aryl methyl sites for hydroxylation is 1. The average Bonchev–Trinajstić information content (AvgIpc) is 2.50. The SMILES string of the molecule is CCCCCCCCCCCCc1cc(C(C)C)ccc1O. The van der Waals surface area contributed by atoms with Gasteiger partial charge in [-0.05, 0) is 36.0 Å². The first-order valence-electron chi connectivity index (χ1n) is 9.47. The van der Waals surface area contributed by atoms with Crippen molar-refractivity contribution in [2.45, 2.75) is 97.3 Å². The van der Waals surface area contributed by atoms with E-state index in [1.54, 1.807) is 0 Å². The third-order valence-corrected chi connectivity index (χ3v) is 4.57. The molecule has 0 fully saturated rings. The smallest absolute Gasteiger partial charge is 0.118 e. The number of benzene rings is 1. The molecule has 1 rings (SSSR count). The van der Waals surface area contributed by atoms with Crippen molar-refractivity contribution in [3.05, 3.63) is 29.3 Å². The van der Waals surface area contributed by atoms with E-state index in [4.69, 9.17) is 0 Å². The van der Waals surface area contributed by atoms with Crippen LogP contribution in [0.1, 0.15) is 102 Å². The Morgan fingerprint density at radius 1 is 0.818 bits per heavy atom. The van der Waals surface area contributed by atoms with Crippen LogP contribution in [0.15, 0.2) is 18.2 Å². The second kappa shape index (κ2) is 11.6. The Morgan fingerprint density at radius 2 is 1.36 bits per heavy atom. The number of hydrogen-bond donors (Lipinski definition) is 1. The van der Waals surface area contributed by atoms with Gasteiger partial charge in [-0.25, -0.2) is 0 Å². The van der Waals surface area contributed by atoms with Crippen molar-refractivity contribution in [1.29, 1.82) is 0 Å². The van der Waals surface area contributed by atoms with Crippen molar-refractivity contribution in [1.82, 2.24) is 0 Å². The second-order valence-corrected chi connectivity index (χ2v) is 6.97. The number of aromatic hydroxyl groups is 1. The van der Waals surface area contributed by atoms with Gasteiger partial charge in [0.05, 0.1) is 0 Å². The Labute approximate surface area is 138 Å². The fraction of sp³-hybridized carbons (Fsp3) is 0.714. The zero-order chi connectivity index (χ0) is 16.2. The van der Waals surface area contributed by atoms with Crippen LogP contribution in [-0.2, 0) is 6.42 Å². The molecular formula is C21H36O. The van der Waals surface area contributed by atoms with E-state index in [1.807, 2.05) is 12.1 Å². The van der Waals surface area contributed by atoms with Gasteiger partial charge in [-0.1, -0.05) is 90.7 Å². The summed E-state index contributed by atoms with van der Waals surface area (Å²) in [6.45, 7) is 6.68. The molecule has 0 saturated carbocycles. The summed E-state index contributed by atoms with van der Waals surface area (Å²) in [6, 6.07) is 6.09. The molecule has 0 radical (unpaired) electrons. The van der Waals surface area contributed by atoms with Crippen molar-refractivity contribution in [3.63, 3.8) is 0 Å². The van der Waals surface area contributed by atoms with E-state index in [9.17, 15) is 5.11 Å². The lowest BCUT2D eigenvalue weighted by Crippen LogP contribution is -1.92. The Balaban J connectivity index is 2.11. The van der Waals surface area contributed by atoms with Crippen LogP contribution in [0, 0.1) is 0 Å². The lowest BCUT2D eigenvalue weighted by molar-refractivity contribution is 0.465. The molecule has 0 heterocycles. The van der Waals surface area contributed by atoms with E-state index < -0.39 is 0 Å². The van der Waals surface area contributed by atoms with Gasteiger partial charge in [-0.3, -0.25) is 0 Å². The summed E-state index contributed by atoms with van der Waals surface area (Å²) in [6.07, 6.45) is 14.6. The summed E-state index contributed by atoms with van der Waals surface area (Å²) in [5.41, 5.74) is 2.46. The minimum atomic E-state index is 0.473. The summed E-state index contributed by atoms with van der Waals surface area (Å²) in [7, 11) is 0. The maximum absolute atomic E-state index is 9.96. The molecule has 22 heavy (non-hydrogen) atoms. The van der Waals surface area contributed by atoms with Crippen LogP contribution in [0.5, 0.6) is 5.75 Å². The maximum Gasteiger partial charge on any atom is 0.118 e. The van der Waals surface area contributed by atoms with Gasteiger partial charge in [0.2, 0.25) is 0 Å². The summed E-state index contributed by atoms with van der Waals surface area (Å²) in [5.74, 6) is 1.01. The molecule has 1 aromatic carbocycles. The molecule has 0 atom stereocenters. The molecular weight excluding hydrogens is 268 g/mol. The molecule has 0 aromatic heterocycles. The molecule has 0 amide bonds. The number of rotatable bonds is 12. The Hall–Kier alpha value is -0.980. The summed E-state index contributed by atoms with van der Waals surface area (Å²) in [4.78, 5) is 0. The highest BCUT2D eigenvalue weighted by atomic mass is 16.3. The summed E-state index contributed by atoms with van der Waals surface area (Å²) in [5, 5.41) is 9.96. The van der Waals surface area contributed by atoms with E-state index in [0.717, 1.165) is 12.0 Å². The molecule has 0 bridgehead atoms. The van der Waals surface area contributed by atoms with E-state index in [2.05, 4.69) is 26.8 Å². The molecule has 1 N–H and O–H groups in total. The van der Waals surface area contributed by atoms with Crippen LogP contribution >= 0.6 is 0 Å². The molecule has 0 spiro atoms. The average molecular weight is 305 g/mol. The van der Waals surface area contributed by atoms with Gasteiger partial charge >= 0.3 is 0 Å². The van der Waals surface area contributed by atoms with Crippen molar-refractivity contribution in [2.24, 2.45) is 0 Å². The number of unbranched alkanes of at least 4 members (excludes halogenated alkanes) is 9. The van der Waals surface area contributed by atoms with Gasteiger partial charge in [0.25, 0.3) is 0 Å². The molecule has 0 aliphatic rings. The monoisotopic (exact) mass is 304 g/mol. The third kappa shape index (κ3) is 7.87. The maximum atomic E-state index is 9.96. The fourth-order valence-corrected chi connectivity index (χ4v) is 2.97. The van der Waals surface area contributed by atoms with Gasteiger partial charge < -0.3 is 5.11 Å². The topological polar surface area (TPSA) is 20.2 Å². The zero-order valence-electron chi connectivity index (χ0n) is 15.0. The lowest BCUT2D eigenvalue weighted by Gasteiger charge is -2.10. The predicted octanol–water partition coefficient (Wildman–Crippen LogP) is 6.98. The van der Waals surface area contributed by atoms with Crippen molar-refractivity contribution in [2.75, 3.05) is 0 Å². The Morgan fingerprint density at radius 3 is 1.91 bits per heavy atom. The van der Waals surface area contributed by atoms with Crippen LogP contribution in [-0.4, -0.2) is 5.11 Å². The number of phenolic OH excluding ortho intramolecular Hbond substituents is 1. The van der Waals surface area contributed by atoms with Crippen molar-refractivity contribution < 1.29 is 5.11 Å². The highest BCUT2D eigenvalue weighted by Crippen LogP contribution is 2.25. The van der Waals surface area contributed by atoms with Crippen LogP contribution in [0.25, 0.3) is 0 Å². The van der Waals surface area contributed by atoms with Gasteiger partial charge in [-0.2, -0.15) is 0 Å². The first-order valence-corrected chi connectivity index (χ1v) is 9.47. The lowest BCUT2D eigenvalue weighted by atomic mass is 9.97. The standard InChI is InChI=1S/C21H36O/c1-4-5-6-7-8-9-10-11-12-13-14-20-17-19(18(2)3)15-16-21(20)22/h15-18,22H,4-14H2,1-3H3. The molecule has 1 heteroatoms. The normalized spacial score (nSPS) is 11.3. The quantitative estimate of drug-likeness (QED) is 0.413. The minimum absolute atomic E-state index is 0.473. The van der Waals surface area contributed by atoms with Crippen LogP contribution in [0.3, 0.4) is 0 Å². The molecule has 126 valence electrons. The summed E-state index contributed by atoms with van der Waals surface area (Å²) >= 11 is 0. The Bertz CT molecular complexity index is 395. The molecule has 0 aliphatic heterocycles. The van der Waals surface area contributed by atoms with E-state index in [0.29, 0.717) is 11.7 Å². The second-order valence-electron chi connectivity index (χ2n) is 6.97. The first-order chi connectivity index (χ1) is 10.6. The van der Waals surface area contributed by atoms with Gasteiger partial charge in [-0.15, -0.1) is 0 Å². The Kier molecular flexibility index (Phi) is 10.0. The molecule has 1 aromatic rings. The van der Waals surface area contributed by atoms with Crippen LogP contribution in [0.2, 0.25) is 0 Å². The van der Waals surface area contributed by atoms with E-state index in [1.165, 1.54) is 69.8 Å². The van der Waals surface area contributed by atoms with Crippen LogP contribution in [0.4, 0.5) is 0 Å². The zero-order valence-corrected chi connectivity index (χ0v) is 15.0. The fourth-order valence-electron chi connectivity index (χ4n) is 2.97. The molecule has 0 saturated heterocycles. The number of phenols is 1. The van der Waals surface area contributed by atoms with Crippen molar-refractivity contribution >= 4 is 0 Å². The third-order valence-electron chi connectivity index (χ3n) is 4.57. The molecule has 0 aliphatic carbocycles. The summed E-state index contributed by atoms with van der Waals surface area (Å²) < 4.78 is 0. The van der Waals surface area contributed by atoms with Gasteiger partial charge in [0, 0.05) is 0 Å². The predicted molar refractivity (Wildman–Crippen MR) is 97.7 cm³/mol. The van der Waals surface area contributed by atoms with Gasteiger partial charge in [0.15, 0.2) is 0 Å².